The van der Waals surface area contributed by atoms with Gasteiger partial charge < -0.3 is 0 Å². The molecule has 0 amide bonds. The van der Waals surface area contributed by atoms with Gasteiger partial charge >= 0.3 is 0 Å². The molecule has 0 radical (unpaired) electrons. The molecule has 0 aliphatic heterocycles. The van der Waals surface area contributed by atoms with Gasteiger partial charge in [0.2, 0.25) is 0 Å². The standard InChI is InChI=1S/C24H16S4/c1-13-15-9-18-20(22-6-4-8-26-22)12-28-24(18)14(2)16(15)10-17-19(11-27-23(13)17)21-5-3-7-25-21/h3-12H,1-2H3. The minimum atomic E-state index is 1.36. The van der Waals surface area contributed by atoms with E-state index in [0.717, 1.165) is 0 Å². The van der Waals surface area contributed by atoms with E-state index in [1.54, 1.807) is 0 Å². The van der Waals surface area contributed by atoms with Gasteiger partial charge in [0.05, 0.1) is 0 Å². The molecule has 0 aliphatic carbocycles. The molecule has 6 aromatic rings. The lowest BCUT2D eigenvalue weighted by Gasteiger charge is -2.10. The number of fused-ring (bicyclic) bond motifs is 3. The molecule has 0 atom stereocenters. The summed E-state index contributed by atoms with van der Waals surface area (Å²) in [5.74, 6) is 0. The van der Waals surface area contributed by atoms with Crippen molar-refractivity contribution in [3.05, 3.63) is 69.0 Å². The second-order valence-electron chi connectivity index (χ2n) is 7.10. The maximum atomic E-state index is 2.43. The zero-order valence-corrected chi connectivity index (χ0v) is 18.7. The molecular formula is C24H16S4. The Balaban J connectivity index is 1.72. The molecule has 4 heteroatoms. The minimum Gasteiger partial charge on any atom is -0.144 e. The van der Waals surface area contributed by atoms with Crippen molar-refractivity contribution in [2.24, 2.45) is 0 Å². The maximum Gasteiger partial charge on any atom is 0.0385 e. The summed E-state index contributed by atoms with van der Waals surface area (Å²) in [6.45, 7) is 4.59. The third kappa shape index (κ3) is 2.32. The number of hydrogen-bond donors (Lipinski definition) is 0. The number of hydrogen-bond acceptors (Lipinski definition) is 4. The third-order valence-electron chi connectivity index (χ3n) is 5.59. The van der Waals surface area contributed by atoms with Crippen molar-refractivity contribution in [2.45, 2.75) is 13.8 Å². The van der Waals surface area contributed by atoms with Crippen LogP contribution in [0.1, 0.15) is 11.1 Å². The van der Waals surface area contributed by atoms with Crippen LogP contribution < -0.4 is 0 Å². The average Bonchev–Trinajstić information content (AvgIpc) is 3.48. The van der Waals surface area contributed by atoms with Crippen molar-refractivity contribution in [1.82, 2.24) is 0 Å². The van der Waals surface area contributed by atoms with E-state index in [1.807, 2.05) is 45.3 Å². The highest BCUT2D eigenvalue weighted by atomic mass is 32.1. The lowest BCUT2D eigenvalue weighted by Crippen LogP contribution is -1.85. The molecule has 0 spiro atoms. The van der Waals surface area contributed by atoms with E-state index in [1.165, 1.54) is 63.0 Å². The van der Waals surface area contributed by atoms with Crippen molar-refractivity contribution in [1.29, 1.82) is 0 Å². The molecule has 0 N–H and O–H groups in total. The van der Waals surface area contributed by atoms with Gasteiger partial charge in [-0.2, -0.15) is 0 Å². The lowest BCUT2D eigenvalue weighted by atomic mass is 9.95. The zero-order chi connectivity index (χ0) is 18.8. The Morgan fingerprint density at radius 3 is 1.43 bits per heavy atom. The average molecular weight is 433 g/mol. The van der Waals surface area contributed by atoms with Crippen LogP contribution in [-0.4, -0.2) is 0 Å². The molecule has 0 aliphatic rings. The quantitative estimate of drug-likeness (QED) is 0.256. The topological polar surface area (TPSA) is 0 Å². The van der Waals surface area contributed by atoms with E-state index < -0.39 is 0 Å². The van der Waals surface area contributed by atoms with Crippen molar-refractivity contribution in [2.75, 3.05) is 0 Å². The van der Waals surface area contributed by atoms with Gasteiger partial charge in [-0.05, 0) is 70.8 Å². The Morgan fingerprint density at radius 1 is 0.571 bits per heavy atom. The van der Waals surface area contributed by atoms with Gasteiger partial charge in [-0.1, -0.05) is 12.1 Å². The molecule has 136 valence electrons. The molecule has 0 unspecified atom stereocenters. The van der Waals surface area contributed by atoms with Crippen molar-refractivity contribution in [3.8, 4) is 20.9 Å². The Kier molecular flexibility index (Phi) is 3.78. The van der Waals surface area contributed by atoms with Crippen LogP contribution >= 0.6 is 45.3 Å². The fourth-order valence-electron chi connectivity index (χ4n) is 4.16. The molecule has 0 saturated carbocycles. The first-order valence-corrected chi connectivity index (χ1v) is 12.7. The van der Waals surface area contributed by atoms with E-state index in [4.69, 9.17) is 0 Å². The molecule has 2 aromatic carbocycles. The highest BCUT2D eigenvalue weighted by Gasteiger charge is 2.17. The molecule has 28 heavy (non-hydrogen) atoms. The van der Waals surface area contributed by atoms with Gasteiger partial charge in [0.1, 0.15) is 0 Å². The van der Waals surface area contributed by atoms with E-state index >= 15 is 0 Å². The van der Waals surface area contributed by atoms with E-state index in [0.29, 0.717) is 0 Å². The fraction of sp³-hybridized carbons (Fsp3) is 0.0833. The second-order valence-corrected chi connectivity index (χ2v) is 10.8. The molecule has 0 nitrogen and oxygen atoms in total. The lowest BCUT2D eigenvalue weighted by molar-refractivity contribution is 1.58. The number of benzene rings is 2. The van der Waals surface area contributed by atoms with Crippen LogP contribution in [0, 0.1) is 13.8 Å². The van der Waals surface area contributed by atoms with Gasteiger partial charge in [-0.3, -0.25) is 0 Å². The molecule has 0 fully saturated rings. The second kappa shape index (κ2) is 6.26. The Hall–Kier alpha value is -1.98. The van der Waals surface area contributed by atoms with Gasteiger partial charge in [-0.25, -0.2) is 0 Å². The first-order valence-electron chi connectivity index (χ1n) is 9.15. The van der Waals surface area contributed by atoms with Gasteiger partial charge in [0.25, 0.3) is 0 Å². The van der Waals surface area contributed by atoms with Crippen LogP contribution in [0.2, 0.25) is 0 Å². The van der Waals surface area contributed by atoms with Gasteiger partial charge in [0.15, 0.2) is 0 Å². The summed E-state index contributed by atoms with van der Waals surface area (Å²) in [5, 5.41) is 14.6. The summed E-state index contributed by atoms with van der Waals surface area (Å²) in [6, 6.07) is 13.6. The van der Waals surface area contributed by atoms with Crippen LogP contribution in [0.5, 0.6) is 0 Å². The smallest absolute Gasteiger partial charge is 0.0385 e. The summed E-state index contributed by atoms with van der Waals surface area (Å²) in [7, 11) is 0. The molecule has 4 aromatic heterocycles. The highest BCUT2D eigenvalue weighted by molar-refractivity contribution is 7.20. The number of rotatable bonds is 2. The summed E-state index contributed by atoms with van der Waals surface area (Å²) in [5.41, 5.74) is 5.58. The summed E-state index contributed by atoms with van der Waals surface area (Å²) >= 11 is 7.41. The third-order valence-corrected chi connectivity index (χ3v) is 9.63. The first kappa shape index (κ1) is 16.9. The predicted molar refractivity (Wildman–Crippen MR) is 131 cm³/mol. The van der Waals surface area contributed by atoms with Crippen LogP contribution in [0.25, 0.3) is 51.8 Å². The largest absolute Gasteiger partial charge is 0.144 e. The van der Waals surface area contributed by atoms with E-state index in [-0.39, 0.29) is 0 Å². The monoisotopic (exact) mass is 432 g/mol. The normalized spacial score (nSPS) is 11.9. The summed E-state index contributed by atoms with van der Waals surface area (Å²) in [6.07, 6.45) is 0. The van der Waals surface area contributed by atoms with E-state index in [9.17, 15) is 0 Å². The van der Waals surface area contributed by atoms with Crippen LogP contribution in [0.15, 0.2) is 57.9 Å². The Morgan fingerprint density at radius 2 is 1.04 bits per heavy atom. The van der Waals surface area contributed by atoms with Crippen LogP contribution in [-0.2, 0) is 0 Å². The van der Waals surface area contributed by atoms with Crippen LogP contribution in [0.3, 0.4) is 0 Å². The van der Waals surface area contributed by atoms with Crippen LogP contribution in [0.4, 0.5) is 0 Å². The number of aryl methyl sites for hydroxylation is 2. The maximum absolute atomic E-state index is 2.43. The van der Waals surface area contributed by atoms with Crippen molar-refractivity contribution < 1.29 is 0 Å². The van der Waals surface area contributed by atoms with Gasteiger partial charge in [0, 0.05) is 51.8 Å². The number of thiophene rings is 4. The summed E-state index contributed by atoms with van der Waals surface area (Å²) in [4.78, 5) is 2.72. The highest BCUT2D eigenvalue weighted by Crippen LogP contribution is 2.45. The van der Waals surface area contributed by atoms with Gasteiger partial charge in [-0.15, -0.1) is 45.3 Å². The van der Waals surface area contributed by atoms with Crippen molar-refractivity contribution in [3.63, 3.8) is 0 Å². The summed E-state index contributed by atoms with van der Waals surface area (Å²) < 4.78 is 2.84. The first-order chi connectivity index (χ1) is 13.7. The SMILES string of the molecule is Cc1c2cc3c(-c4cccs4)csc3c(C)c2cc2c(-c3cccs3)csc12. The van der Waals surface area contributed by atoms with E-state index in [2.05, 4.69) is 71.8 Å². The fourth-order valence-corrected chi connectivity index (χ4v) is 7.96. The predicted octanol–water partition coefficient (Wildman–Crippen LogP) is 9.34. The Labute approximate surface area is 179 Å². The minimum absolute atomic E-state index is 1.36. The Bertz CT molecular complexity index is 1340. The molecular weight excluding hydrogens is 417 g/mol. The molecule has 0 saturated heterocycles. The molecule has 6 rings (SSSR count). The molecule has 4 heterocycles. The molecule has 0 bridgehead atoms. The van der Waals surface area contributed by atoms with Crippen molar-refractivity contribution >= 4 is 76.3 Å². The zero-order valence-electron chi connectivity index (χ0n) is 15.4.